The zero-order valence-electron chi connectivity index (χ0n) is 24.2. The molecule has 2 heteroatoms. The summed E-state index contributed by atoms with van der Waals surface area (Å²) in [6.45, 7) is 7.83. The standard InChI is InChI=1S/C41H34N2/c1-3-12-33-19-25-38(26-20-33)42(36-14-7-5-8-15-36)39-27-21-34(22-28-39)35-23-29-40(30-24-35)43(37-16-9-6-10-17-37)41-18-11-13-32(4-2)31-41/h3-11,13-31H,1-2,12H2. The van der Waals surface area contributed by atoms with Crippen molar-refractivity contribution >= 4 is 40.2 Å². The van der Waals surface area contributed by atoms with Crippen LogP contribution in [0, 0.1) is 0 Å². The maximum atomic E-state index is 3.96. The summed E-state index contributed by atoms with van der Waals surface area (Å²) in [5.41, 5.74) is 11.3. The molecule has 0 radical (unpaired) electrons. The van der Waals surface area contributed by atoms with Gasteiger partial charge in [-0.3, -0.25) is 0 Å². The Bertz CT molecular complexity index is 1790. The van der Waals surface area contributed by atoms with Gasteiger partial charge in [0.15, 0.2) is 0 Å². The molecule has 0 aliphatic rings. The van der Waals surface area contributed by atoms with Gasteiger partial charge < -0.3 is 9.80 Å². The molecule has 0 fully saturated rings. The summed E-state index contributed by atoms with van der Waals surface area (Å²) in [4.78, 5) is 4.57. The van der Waals surface area contributed by atoms with Gasteiger partial charge in [-0.2, -0.15) is 0 Å². The Morgan fingerprint density at radius 3 is 1.30 bits per heavy atom. The van der Waals surface area contributed by atoms with Crippen molar-refractivity contribution in [3.05, 3.63) is 188 Å². The lowest BCUT2D eigenvalue weighted by Gasteiger charge is -2.26. The summed E-state index contributed by atoms with van der Waals surface area (Å²) in [7, 11) is 0. The Morgan fingerprint density at radius 1 is 0.419 bits per heavy atom. The van der Waals surface area contributed by atoms with Crippen molar-refractivity contribution in [2.45, 2.75) is 6.42 Å². The van der Waals surface area contributed by atoms with Gasteiger partial charge in [0.25, 0.3) is 0 Å². The zero-order valence-corrected chi connectivity index (χ0v) is 24.2. The molecule has 43 heavy (non-hydrogen) atoms. The summed E-state index contributed by atoms with van der Waals surface area (Å²) in [5.74, 6) is 0. The van der Waals surface area contributed by atoms with E-state index in [0.29, 0.717) is 0 Å². The fraction of sp³-hybridized carbons (Fsp3) is 0.0244. The van der Waals surface area contributed by atoms with E-state index in [2.05, 4.69) is 175 Å². The van der Waals surface area contributed by atoms with Crippen LogP contribution in [0.4, 0.5) is 34.1 Å². The van der Waals surface area contributed by atoms with Gasteiger partial charge in [0.2, 0.25) is 0 Å². The van der Waals surface area contributed by atoms with Gasteiger partial charge in [-0.25, -0.2) is 0 Å². The van der Waals surface area contributed by atoms with Gasteiger partial charge >= 0.3 is 0 Å². The lowest BCUT2D eigenvalue weighted by atomic mass is 10.0. The highest BCUT2D eigenvalue weighted by Crippen LogP contribution is 2.38. The van der Waals surface area contributed by atoms with Crippen LogP contribution in [0.3, 0.4) is 0 Å². The molecule has 0 amide bonds. The molecular weight excluding hydrogens is 520 g/mol. The summed E-state index contributed by atoms with van der Waals surface area (Å²) in [6.07, 6.45) is 4.69. The Balaban J connectivity index is 1.31. The van der Waals surface area contributed by atoms with Crippen LogP contribution in [0.25, 0.3) is 17.2 Å². The van der Waals surface area contributed by atoms with E-state index >= 15 is 0 Å². The third-order valence-electron chi connectivity index (χ3n) is 7.55. The minimum atomic E-state index is 0.865. The second-order valence-electron chi connectivity index (χ2n) is 10.4. The van der Waals surface area contributed by atoms with E-state index in [1.54, 1.807) is 0 Å². The lowest BCUT2D eigenvalue weighted by molar-refractivity contribution is 1.24. The minimum Gasteiger partial charge on any atom is -0.311 e. The van der Waals surface area contributed by atoms with Gasteiger partial charge in [-0.05, 0) is 101 Å². The van der Waals surface area contributed by atoms with E-state index in [1.165, 1.54) is 16.7 Å². The lowest BCUT2D eigenvalue weighted by Crippen LogP contribution is -2.10. The Hall–Kier alpha value is -5.60. The monoisotopic (exact) mass is 554 g/mol. The molecule has 0 saturated carbocycles. The molecule has 0 unspecified atom stereocenters. The molecule has 0 atom stereocenters. The summed E-state index contributed by atoms with van der Waals surface area (Å²) in [5, 5.41) is 0. The van der Waals surface area contributed by atoms with Gasteiger partial charge in [0, 0.05) is 34.1 Å². The van der Waals surface area contributed by atoms with Crippen molar-refractivity contribution in [3.63, 3.8) is 0 Å². The predicted molar refractivity (Wildman–Crippen MR) is 185 cm³/mol. The van der Waals surface area contributed by atoms with Gasteiger partial charge in [-0.1, -0.05) is 104 Å². The molecule has 0 spiro atoms. The number of hydrogen-bond acceptors (Lipinski definition) is 2. The van der Waals surface area contributed by atoms with Gasteiger partial charge in [-0.15, -0.1) is 6.58 Å². The maximum Gasteiger partial charge on any atom is 0.0467 e. The third-order valence-corrected chi connectivity index (χ3v) is 7.55. The maximum absolute atomic E-state index is 3.96. The molecule has 0 bridgehead atoms. The fourth-order valence-electron chi connectivity index (χ4n) is 5.39. The highest BCUT2D eigenvalue weighted by Gasteiger charge is 2.14. The molecular formula is C41H34N2. The van der Waals surface area contributed by atoms with Crippen LogP contribution in [-0.4, -0.2) is 0 Å². The highest BCUT2D eigenvalue weighted by molar-refractivity contribution is 5.81. The van der Waals surface area contributed by atoms with E-state index in [-0.39, 0.29) is 0 Å². The SMILES string of the molecule is C=CCc1ccc(N(c2ccccc2)c2ccc(-c3ccc(N(c4ccccc4)c4cccc(C=C)c4)cc3)cc2)cc1. The Labute approximate surface area is 255 Å². The molecule has 6 aromatic rings. The number of benzene rings is 6. The van der Waals surface area contributed by atoms with Crippen molar-refractivity contribution in [1.82, 2.24) is 0 Å². The van der Waals surface area contributed by atoms with Gasteiger partial charge in [0.1, 0.15) is 0 Å². The minimum absolute atomic E-state index is 0.865. The second kappa shape index (κ2) is 12.9. The largest absolute Gasteiger partial charge is 0.311 e. The van der Waals surface area contributed by atoms with E-state index in [9.17, 15) is 0 Å². The summed E-state index contributed by atoms with van der Waals surface area (Å²) < 4.78 is 0. The summed E-state index contributed by atoms with van der Waals surface area (Å²) in [6, 6.07) is 55.7. The number of allylic oxidation sites excluding steroid dienone is 1. The molecule has 0 aromatic heterocycles. The fourth-order valence-corrected chi connectivity index (χ4v) is 5.39. The number of rotatable bonds is 10. The van der Waals surface area contributed by atoms with Crippen molar-refractivity contribution in [2.24, 2.45) is 0 Å². The number of hydrogen-bond donors (Lipinski definition) is 0. The summed E-state index contributed by atoms with van der Waals surface area (Å²) >= 11 is 0. The van der Waals surface area contributed by atoms with Crippen molar-refractivity contribution in [3.8, 4) is 11.1 Å². The smallest absolute Gasteiger partial charge is 0.0467 e. The predicted octanol–water partition coefficient (Wildman–Crippen LogP) is 11.7. The number of nitrogens with zero attached hydrogens (tertiary/aromatic N) is 2. The van der Waals surface area contributed by atoms with Crippen LogP contribution in [-0.2, 0) is 6.42 Å². The average molecular weight is 555 g/mol. The van der Waals surface area contributed by atoms with Crippen LogP contribution >= 0.6 is 0 Å². The molecule has 6 aromatic carbocycles. The molecule has 2 nitrogen and oxygen atoms in total. The molecule has 0 heterocycles. The van der Waals surface area contributed by atoms with Crippen molar-refractivity contribution < 1.29 is 0 Å². The van der Waals surface area contributed by atoms with Gasteiger partial charge in [0.05, 0.1) is 0 Å². The average Bonchev–Trinajstić information content (AvgIpc) is 3.08. The van der Waals surface area contributed by atoms with E-state index < -0.39 is 0 Å². The van der Waals surface area contributed by atoms with Crippen LogP contribution in [0.1, 0.15) is 11.1 Å². The number of para-hydroxylation sites is 2. The first-order valence-corrected chi connectivity index (χ1v) is 14.6. The molecule has 0 aliphatic carbocycles. The van der Waals surface area contributed by atoms with E-state index in [1.807, 2.05) is 18.2 Å². The van der Waals surface area contributed by atoms with E-state index in [0.717, 1.165) is 46.1 Å². The molecule has 208 valence electrons. The van der Waals surface area contributed by atoms with Crippen LogP contribution in [0.15, 0.2) is 177 Å². The first-order valence-electron chi connectivity index (χ1n) is 14.6. The molecule has 0 aliphatic heterocycles. The topological polar surface area (TPSA) is 6.48 Å². The van der Waals surface area contributed by atoms with Crippen molar-refractivity contribution in [2.75, 3.05) is 9.80 Å². The van der Waals surface area contributed by atoms with Crippen molar-refractivity contribution in [1.29, 1.82) is 0 Å². The van der Waals surface area contributed by atoms with E-state index in [4.69, 9.17) is 0 Å². The highest BCUT2D eigenvalue weighted by atomic mass is 15.1. The van der Waals surface area contributed by atoms with Crippen LogP contribution in [0.5, 0.6) is 0 Å². The zero-order chi connectivity index (χ0) is 29.4. The normalized spacial score (nSPS) is 10.6. The first-order chi connectivity index (χ1) is 21.2. The Morgan fingerprint density at radius 2 is 0.837 bits per heavy atom. The first kappa shape index (κ1) is 27.6. The van der Waals surface area contributed by atoms with Crippen LogP contribution < -0.4 is 9.80 Å². The Kier molecular flexibility index (Phi) is 8.29. The molecule has 6 rings (SSSR count). The van der Waals surface area contributed by atoms with Crippen LogP contribution in [0.2, 0.25) is 0 Å². The molecule has 0 N–H and O–H groups in total. The third kappa shape index (κ3) is 6.19. The number of anilines is 6. The second-order valence-corrected chi connectivity index (χ2v) is 10.4. The quantitative estimate of drug-likeness (QED) is 0.155. The molecule has 0 saturated heterocycles.